The maximum Gasteiger partial charge on any atom is 0.330 e. The largest absolute Gasteiger partial charge is 0.392 e. The second kappa shape index (κ2) is 7.76. The SMILES string of the molecule is C[C@H](O)CNC(=O)C1CCN(Cc2cc(=O)n(C)c(=O)n2C)CC1. The van der Waals surface area contributed by atoms with E-state index in [2.05, 4.69) is 10.2 Å². The molecule has 1 amide bonds. The molecule has 0 aliphatic carbocycles. The molecule has 2 rings (SSSR count). The first-order chi connectivity index (χ1) is 11.3. The Kier molecular flexibility index (Phi) is 5.95. The normalized spacial score (nSPS) is 17.7. The minimum atomic E-state index is -0.545. The Hall–Kier alpha value is -1.93. The molecule has 1 aliphatic rings. The Morgan fingerprint density at radius 2 is 1.92 bits per heavy atom. The zero-order valence-electron chi connectivity index (χ0n) is 14.5. The molecule has 0 bridgehead atoms. The standard InChI is InChI=1S/C16H26N4O4/c1-11(21)9-17-15(23)12-4-6-20(7-5-12)10-13-8-14(22)19(3)16(24)18(13)2/h8,11-12,21H,4-7,9-10H2,1-3H3,(H,17,23)/t11-/m0/s1. The summed E-state index contributed by atoms with van der Waals surface area (Å²) in [5.74, 6) is -0.0657. The second-order valence-corrected chi connectivity index (χ2v) is 6.52. The number of aliphatic hydroxyl groups excluding tert-OH is 1. The van der Waals surface area contributed by atoms with Crippen molar-refractivity contribution in [2.45, 2.75) is 32.4 Å². The van der Waals surface area contributed by atoms with Crippen LogP contribution in [0.15, 0.2) is 15.7 Å². The summed E-state index contributed by atoms with van der Waals surface area (Å²) in [6, 6.07) is 1.49. The molecule has 1 saturated heterocycles. The van der Waals surface area contributed by atoms with Crippen LogP contribution in [0.4, 0.5) is 0 Å². The maximum atomic E-state index is 12.0. The predicted octanol–water partition coefficient (Wildman–Crippen LogP) is -1.21. The lowest BCUT2D eigenvalue weighted by atomic mass is 9.95. The monoisotopic (exact) mass is 338 g/mol. The number of aromatic nitrogens is 2. The van der Waals surface area contributed by atoms with E-state index in [1.54, 1.807) is 14.0 Å². The van der Waals surface area contributed by atoms with Gasteiger partial charge in [0.15, 0.2) is 0 Å². The van der Waals surface area contributed by atoms with Gasteiger partial charge >= 0.3 is 5.69 Å². The molecule has 0 radical (unpaired) electrons. The summed E-state index contributed by atoms with van der Waals surface area (Å²) in [5.41, 5.74) is 0.0467. The van der Waals surface area contributed by atoms with Crippen LogP contribution in [-0.2, 0) is 25.4 Å². The lowest BCUT2D eigenvalue weighted by molar-refractivity contribution is -0.126. The Bertz CT molecular complexity index is 699. The molecule has 8 nitrogen and oxygen atoms in total. The van der Waals surface area contributed by atoms with Crippen LogP contribution < -0.4 is 16.6 Å². The van der Waals surface area contributed by atoms with Gasteiger partial charge in [0.2, 0.25) is 5.91 Å². The van der Waals surface area contributed by atoms with E-state index < -0.39 is 6.10 Å². The van der Waals surface area contributed by atoms with Gasteiger partial charge in [-0.15, -0.1) is 0 Å². The highest BCUT2D eigenvalue weighted by molar-refractivity contribution is 5.78. The number of aliphatic hydroxyl groups is 1. The number of hydrogen-bond donors (Lipinski definition) is 2. The average Bonchev–Trinajstić information content (AvgIpc) is 2.56. The van der Waals surface area contributed by atoms with Gasteiger partial charge in [0, 0.05) is 44.9 Å². The minimum Gasteiger partial charge on any atom is -0.392 e. The Morgan fingerprint density at radius 3 is 2.50 bits per heavy atom. The van der Waals surface area contributed by atoms with Crippen LogP contribution >= 0.6 is 0 Å². The lowest BCUT2D eigenvalue weighted by Gasteiger charge is -2.31. The fourth-order valence-electron chi connectivity index (χ4n) is 2.91. The fourth-order valence-corrected chi connectivity index (χ4v) is 2.91. The van der Waals surface area contributed by atoms with Gasteiger partial charge in [-0.25, -0.2) is 4.79 Å². The first kappa shape index (κ1) is 18.4. The zero-order chi connectivity index (χ0) is 17.9. The third-order valence-electron chi connectivity index (χ3n) is 4.54. The van der Waals surface area contributed by atoms with Gasteiger partial charge in [-0.1, -0.05) is 0 Å². The van der Waals surface area contributed by atoms with Crippen LogP contribution in [0.5, 0.6) is 0 Å². The molecule has 2 N–H and O–H groups in total. The number of likely N-dealkylation sites (tertiary alicyclic amines) is 1. The van der Waals surface area contributed by atoms with Gasteiger partial charge in [-0.2, -0.15) is 0 Å². The Morgan fingerprint density at radius 1 is 1.29 bits per heavy atom. The lowest BCUT2D eigenvalue weighted by Crippen LogP contribution is -2.43. The van der Waals surface area contributed by atoms with Gasteiger partial charge in [-0.05, 0) is 32.9 Å². The van der Waals surface area contributed by atoms with Crippen molar-refractivity contribution < 1.29 is 9.90 Å². The predicted molar refractivity (Wildman–Crippen MR) is 89.6 cm³/mol. The highest BCUT2D eigenvalue weighted by Gasteiger charge is 2.25. The molecule has 24 heavy (non-hydrogen) atoms. The van der Waals surface area contributed by atoms with Gasteiger partial charge in [0.25, 0.3) is 5.56 Å². The van der Waals surface area contributed by atoms with Crippen LogP contribution in [0.2, 0.25) is 0 Å². The molecule has 1 aliphatic heterocycles. The van der Waals surface area contributed by atoms with Gasteiger partial charge in [-0.3, -0.25) is 23.6 Å². The Labute approximate surface area is 140 Å². The molecular formula is C16H26N4O4. The molecule has 1 aromatic heterocycles. The molecule has 8 heteroatoms. The first-order valence-electron chi connectivity index (χ1n) is 8.23. The number of carbonyl (C=O) groups is 1. The van der Waals surface area contributed by atoms with Crippen LogP contribution in [0.25, 0.3) is 0 Å². The van der Waals surface area contributed by atoms with E-state index in [0.717, 1.165) is 30.5 Å². The van der Waals surface area contributed by atoms with E-state index in [1.807, 2.05) is 0 Å². The molecule has 0 spiro atoms. The highest BCUT2D eigenvalue weighted by Crippen LogP contribution is 2.18. The van der Waals surface area contributed by atoms with Gasteiger partial charge in [0.05, 0.1) is 6.10 Å². The van der Waals surface area contributed by atoms with Crippen LogP contribution in [0.1, 0.15) is 25.5 Å². The Balaban J connectivity index is 1.93. The number of nitrogens with one attached hydrogen (secondary N) is 1. The van der Waals surface area contributed by atoms with Gasteiger partial charge < -0.3 is 10.4 Å². The number of hydrogen-bond acceptors (Lipinski definition) is 5. The summed E-state index contributed by atoms with van der Waals surface area (Å²) in [6.45, 7) is 3.89. The second-order valence-electron chi connectivity index (χ2n) is 6.52. The van der Waals surface area contributed by atoms with E-state index in [0.29, 0.717) is 12.2 Å². The van der Waals surface area contributed by atoms with Crippen molar-refractivity contribution in [1.29, 1.82) is 0 Å². The van der Waals surface area contributed by atoms with Crippen molar-refractivity contribution in [3.63, 3.8) is 0 Å². The van der Waals surface area contributed by atoms with Crippen LogP contribution in [-0.4, -0.2) is 50.8 Å². The third-order valence-corrected chi connectivity index (χ3v) is 4.54. The van der Waals surface area contributed by atoms with E-state index in [9.17, 15) is 19.5 Å². The van der Waals surface area contributed by atoms with Crippen molar-refractivity contribution in [2.75, 3.05) is 19.6 Å². The van der Waals surface area contributed by atoms with Crippen LogP contribution in [0.3, 0.4) is 0 Å². The topological polar surface area (TPSA) is 96.6 Å². The van der Waals surface area contributed by atoms with E-state index in [-0.39, 0.29) is 29.6 Å². The molecule has 0 unspecified atom stereocenters. The van der Waals surface area contributed by atoms with Crippen molar-refractivity contribution in [1.82, 2.24) is 19.4 Å². The van der Waals surface area contributed by atoms with Crippen molar-refractivity contribution in [2.24, 2.45) is 20.0 Å². The molecule has 134 valence electrons. The number of nitrogens with zero attached hydrogens (tertiary/aromatic N) is 3. The molecule has 0 aromatic carbocycles. The number of rotatable bonds is 5. The summed E-state index contributed by atoms with van der Waals surface area (Å²) in [6.07, 6.45) is 0.908. The first-order valence-corrected chi connectivity index (χ1v) is 8.23. The summed E-state index contributed by atoms with van der Waals surface area (Å²) >= 11 is 0. The molecule has 1 atom stereocenters. The fraction of sp³-hybridized carbons (Fsp3) is 0.688. The molecular weight excluding hydrogens is 312 g/mol. The summed E-state index contributed by atoms with van der Waals surface area (Å²) in [7, 11) is 3.12. The number of amides is 1. The quantitative estimate of drug-likeness (QED) is 0.702. The van der Waals surface area contributed by atoms with Crippen LogP contribution in [0, 0.1) is 5.92 Å². The van der Waals surface area contributed by atoms with Gasteiger partial charge in [0.1, 0.15) is 0 Å². The summed E-state index contributed by atoms with van der Waals surface area (Å²) in [4.78, 5) is 37.9. The summed E-state index contributed by atoms with van der Waals surface area (Å²) < 4.78 is 2.57. The molecule has 1 fully saturated rings. The van der Waals surface area contributed by atoms with Crippen molar-refractivity contribution in [3.8, 4) is 0 Å². The minimum absolute atomic E-state index is 0.0171. The number of carbonyl (C=O) groups excluding carboxylic acids is 1. The maximum absolute atomic E-state index is 12.0. The third kappa shape index (κ3) is 4.33. The van der Waals surface area contributed by atoms with E-state index in [1.165, 1.54) is 17.7 Å². The summed E-state index contributed by atoms with van der Waals surface area (Å²) in [5, 5.41) is 12.0. The van der Waals surface area contributed by atoms with E-state index >= 15 is 0 Å². The van der Waals surface area contributed by atoms with E-state index in [4.69, 9.17) is 0 Å². The molecule has 1 aromatic rings. The highest BCUT2D eigenvalue weighted by atomic mass is 16.3. The molecule has 2 heterocycles. The smallest absolute Gasteiger partial charge is 0.330 e. The number of piperidine rings is 1. The van der Waals surface area contributed by atoms with Crippen molar-refractivity contribution >= 4 is 5.91 Å². The zero-order valence-corrected chi connectivity index (χ0v) is 14.5. The van der Waals surface area contributed by atoms with Crippen molar-refractivity contribution in [3.05, 3.63) is 32.6 Å². The average molecular weight is 338 g/mol. The molecule has 0 saturated carbocycles.